The summed E-state index contributed by atoms with van der Waals surface area (Å²) in [6, 6.07) is 10.2. The van der Waals surface area contributed by atoms with E-state index in [2.05, 4.69) is 5.32 Å². The van der Waals surface area contributed by atoms with Crippen LogP contribution in [0.1, 0.15) is 27.3 Å². The first kappa shape index (κ1) is 22.9. The number of hydrogen-bond acceptors (Lipinski definition) is 3. The molecule has 1 aromatic heterocycles. The lowest BCUT2D eigenvalue weighted by atomic mass is 10.1. The van der Waals surface area contributed by atoms with Crippen LogP contribution in [0.2, 0.25) is 5.02 Å². The normalized spacial score (nSPS) is 12.1. The fourth-order valence-electron chi connectivity index (χ4n) is 3.28. The molecule has 0 spiro atoms. The van der Waals surface area contributed by atoms with E-state index in [1.807, 2.05) is 0 Å². The molecule has 11 heteroatoms. The second-order valence-corrected chi connectivity index (χ2v) is 8.72. The molecule has 31 heavy (non-hydrogen) atoms. The van der Waals surface area contributed by atoms with Crippen LogP contribution in [0.25, 0.3) is 5.69 Å². The topological polar surface area (TPSA) is 94.2 Å². The molecule has 0 radical (unpaired) electrons. The smallest absolute Gasteiger partial charge is 0.322 e. The Balaban J connectivity index is 1.99. The number of aryl methyl sites for hydroxylation is 1. The molecule has 0 saturated heterocycles. The van der Waals surface area contributed by atoms with Crippen molar-refractivity contribution in [3.63, 3.8) is 0 Å². The lowest BCUT2D eigenvalue weighted by Gasteiger charge is -2.17. The van der Waals surface area contributed by atoms with Crippen molar-refractivity contribution in [1.82, 2.24) is 4.57 Å². The number of anilines is 1. The van der Waals surface area contributed by atoms with Gasteiger partial charge in [-0.05, 0) is 50.2 Å². The van der Waals surface area contributed by atoms with Crippen LogP contribution in [0.5, 0.6) is 0 Å². The highest BCUT2D eigenvalue weighted by Crippen LogP contribution is 2.35. The molecular weight excluding hydrogens is 455 g/mol. The molecule has 6 nitrogen and oxygen atoms in total. The Morgan fingerprint density at radius 2 is 1.74 bits per heavy atom. The van der Waals surface area contributed by atoms with Gasteiger partial charge >= 0.3 is 6.18 Å². The summed E-state index contributed by atoms with van der Waals surface area (Å²) in [5.41, 5.74) is 0.170. The van der Waals surface area contributed by atoms with Gasteiger partial charge in [0.25, 0.3) is 5.91 Å². The fourth-order valence-corrected chi connectivity index (χ4v) is 4.37. The number of primary sulfonamides is 1. The van der Waals surface area contributed by atoms with Crippen LogP contribution in [0, 0.1) is 13.8 Å². The van der Waals surface area contributed by atoms with Gasteiger partial charge in [-0.1, -0.05) is 23.7 Å². The van der Waals surface area contributed by atoms with Crippen LogP contribution < -0.4 is 10.5 Å². The Kier molecular flexibility index (Phi) is 5.92. The standard InChI is InChI=1S/C20H17ClF3N3O3S/c1-11-9-14(12(2)27(11)17-6-4-3-5-15(17)20(22,23)24)19(28)26-13-7-8-18(16(21)10-13)31(25,29)30/h3-10H,1-2H3,(H,26,28)(H2,25,29,30). The number of carbonyl (C=O) groups is 1. The number of alkyl halides is 3. The maximum absolute atomic E-state index is 13.4. The highest BCUT2D eigenvalue weighted by molar-refractivity contribution is 7.89. The summed E-state index contributed by atoms with van der Waals surface area (Å²) < 4.78 is 64.6. The fraction of sp³-hybridized carbons (Fsp3) is 0.150. The van der Waals surface area contributed by atoms with Gasteiger partial charge in [-0.15, -0.1) is 0 Å². The van der Waals surface area contributed by atoms with Gasteiger partial charge in [-0.25, -0.2) is 13.6 Å². The number of hydrogen-bond donors (Lipinski definition) is 2. The zero-order chi connectivity index (χ0) is 23.1. The summed E-state index contributed by atoms with van der Waals surface area (Å²) >= 11 is 5.92. The van der Waals surface area contributed by atoms with Gasteiger partial charge < -0.3 is 9.88 Å². The number of para-hydroxylation sites is 1. The number of carbonyl (C=O) groups excluding carboxylic acids is 1. The summed E-state index contributed by atoms with van der Waals surface area (Å²) in [5.74, 6) is -0.594. The second kappa shape index (κ2) is 8.03. The van der Waals surface area contributed by atoms with E-state index < -0.39 is 27.7 Å². The maximum Gasteiger partial charge on any atom is 0.418 e. The molecule has 0 bridgehead atoms. The summed E-state index contributed by atoms with van der Waals surface area (Å²) in [4.78, 5) is 12.5. The summed E-state index contributed by atoms with van der Waals surface area (Å²) in [5, 5.41) is 7.44. The van der Waals surface area contributed by atoms with E-state index in [4.69, 9.17) is 16.7 Å². The summed E-state index contributed by atoms with van der Waals surface area (Å²) in [6.07, 6.45) is -4.57. The van der Waals surface area contributed by atoms with Crippen LogP contribution in [-0.2, 0) is 16.2 Å². The summed E-state index contributed by atoms with van der Waals surface area (Å²) in [6.45, 7) is 3.13. The van der Waals surface area contributed by atoms with Crippen LogP contribution >= 0.6 is 11.6 Å². The van der Waals surface area contributed by atoms with Crippen molar-refractivity contribution in [3.8, 4) is 5.69 Å². The number of nitrogens with two attached hydrogens (primary N) is 1. The number of rotatable bonds is 4. The van der Waals surface area contributed by atoms with Crippen molar-refractivity contribution >= 4 is 33.2 Å². The number of amides is 1. The number of halogens is 4. The van der Waals surface area contributed by atoms with Crippen molar-refractivity contribution in [2.45, 2.75) is 24.9 Å². The van der Waals surface area contributed by atoms with Gasteiger partial charge in [0.15, 0.2) is 0 Å². The second-order valence-electron chi connectivity index (χ2n) is 6.78. The predicted molar refractivity (Wildman–Crippen MR) is 111 cm³/mol. The zero-order valence-electron chi connectivity index (χ0n) is 16.3. The quantitative estimate of drug-likeness (QED) is 0.579. The van der Waals surface area contributed by atoms with E-state index in [1.54, 1.807) is 6.92 Å². The van der Waals surface area contributed by atoms with E-state index in [-0.39, 0.29) is 26.9 Å². The van der Waals surface area contributed by atoms with E-state index >= 15 is 0 Å². The molecule has 0 unspecified atom stereocenters. The minimum absolute atomic E-state index is 0.0930. The number of aromatic nitrogens is 1. The lowest BCUT2D eigenvalue weighted by molar-refractivity contribution is -0.137. The number of nitrogens with one attached hydrogen (secondary N) is 1. The molecule has 0 aliphatic rings. The zero-order valence-corrected chi connectivity index (χ0v) is 17.9. The average molecular weight is 472 g/mol. The van der Waals surface area contributed by atoms with Crippen molar-refractivity contribution in [1.29, 1.82) is 0 Å². The largest absolute Gasteiger partial charge is 0.418 e. The molecule has 3 rings (SSSR count). The third kappa shape index (κ3) is 4.60. The lowest BCUT2D eigenvalue weighted by Crippen LogP contribution is -2.15. The van der Waals surface area contributed by atoms with Crippen molar-refractivity contribution in [2.75, 3.05) is 5.32 Å². The molecule has 1 heterocycles. The Hall–Kier alpha value is -2.82. The van der Waals surface area contributed by atoms with Crippen molar-refractivity contribution in [3.05, 3.63) is 76.1 Å². The van der Waals surface area contributed by atoms with Gasteiger partial charge in [-0.2, -0.15) is 13.2 Å². The molecule has 0 aliphatic heterocycles. The minimum Gasteiger partial charge on any atom is -0.322 e. The van der Waals surface area contributed by atoms with E-state index in [1.165, 1.54) is 47.9 Å². The van der Waals surface area contributed by atoms with Crippen LogP contribution in [0.4, 0.5) is 18.9 Å². The Bertz CT molecular complexity index is 1280. The Labute approximate surface area is 181 Å². The third-order valence-corrected chi connectivity index (χ3v) is 6.02. The highest BCUT2D eigenvalue weighted by atomic mass is 35.5. The van der Waals surface area contributed by atoms with Crippen molar-refractivity contribution < 1.29 is 26.4 Å². The van der Waals surface area contributed by atoms with Crippen molar-refractivity contribution in [2.24, 2.45) is 5.14 Å². The van der Waals surface area contributed by atoms with Crippen LogP contribution in [-0.4, -0.2) is 18.9 Å². The number of sulfonamides is 1. The first-order valence-corrected chi connectivity index (χ1v) is 10.7. The SMILES string of the molecule is Cc1cc(C(=O)Nc2ccc(S(N)(=O)=O)c(Cl)c2)c(C)n1-c1ccccc1C(F)(F)F. The Morgan fingerprint density at radius 1 is 1.10 bits per heavy atom. The third-order valence-electron chi connectivity index (χ3n) is 4.62. The molecule has 0 fully saturated rings. The molecule has 0 saturated carbocycles. The monoisotopic (exact) mass is 471 g/mol. The average Bonchev–Trinajstić information content (AvgIpc) is 2.94. The summed E-state index contributed by atoms with van der Waals surface area (Å²) in [7, 11) is -4.03. The molecule has 1 amide bonds. The van der Waals surface area contributed by atoms with E-state index in [0.717, 1.165) is 12.1 Å². The van der Waals surface area contributed by atoms with Crippen LogP contribution in [0.15, 0.2) is 53.4 Å². The maximum atomic E-state index is 13.4. The first-order valence-electron chi connectivity index (χ1n) is 8.80. The molecule has 2 aromatic carbocycles. The van der Waals surface area contributed by atoms with E-state index in [0.29, 0.717) is 11.4 Å². The van der Waals surface area contributed by atoms with Crippen LogP contribution in [0.3, 0.4) is 0 Å². The van der Waals surface area contributed by atoms with Gasteiger partial charge in [0.05, 0.1) is 21.8 Å². The number of benzene rings is 2. The molecule has 3 N–H and O–H groups in total. The molecule has 0 aliphatic carbocycles. The number of nitrogens with zero attached hydrogens (tertiary/aromatic N) is 1. The molecule has 3 aromatic rings. The molecular formula is C20H17ClF3N3O3S. The minimum atomic E-state index is -4.57. The van der Waals surface area contributed by atoms with Gasteiger partial charge in [0.2, 0.25) is 10.0 Å². The predicted octanol–water partition coefficient (Wildman–Crippen LogP) is 4.67. The van der Waals surface area contributed by atoms with Gasteiger partial charge in [0, 0.05) is 17.1 Å². The van der Waals surface area contributed by atoms with Gasteiger partial charge in [-0.3, -0.25) is 4.79 Å². The molecule has 164 valence electrons. The molecule has 0 atom stereocenters. The first-order chi connectivity index (χ1) is 14.3. The van der Waals surface area contributed by atoms with Gasteiger partial charge in [0.1, 0.15) is 4.90 Å². The Morgan fingerprint density at radius 3 is 2.32 bits per heavy atom. The van der Waals surface area contributed by atoms with E-state index in [9.17, 15) is 26.4 Å². The highest BCUT2D eigenvalue weighted by Gasteiger charge is 2.34.